The minimum absolute atomic E-state index is 0.220. The number of hydrogen-bond donors (Lipinski definition) is 2. The van der Waals surface area contributed by atoms with Crippen LogP contribution in [0.3, 0.4) is 0 Å². The molecule has 1 heterocycles. The molecule has 0 radical (unpaired) electrons. The first-order chi connectivity index (χ1) is 7.45. The minimum atomic E-state index is -0.886. The summed E-state index contributed by atoms with van der Waals surface area (Å²) < 4.78 is 3.77. The van der Waals surface area contributed by atoms with Crippen molar-refractivity contribution in [2.45, 2.75) is 25.8 Å². The van der Waals surface area contributed by atoms with Crippen molar-refractivity contribution in [3.8, 4) is 0 Å². The molecule has 0 aromatic rings. The first-order valence-corrected chi connectivity index (χ1v) is 5.02. The molecule has 0 aromatic heterocycles. The molecule has 0 spiro atoms. The Balaban J connectivity index is 2.90. The number of amides is 5. The van der Waals surface area contributed by atoms with E-state index in [1.54, 1.807) is 6.92 Å². The zero-order chi connectivity index (χ0) is 12.3. The van der Waals surface area contributed by atoms with E-state index in [0.717, 1.165) is 20.0 Å². The number of alkyl carbamates (subject to hydrolysis) is 1. The number of likely N-dealkylation sites (tertiary alicyclic amines) is 1. The van der Waals surface area contributed by atoms with Crippen molar-refractivity contribution in [2.24, 2.45) is 5.73 Å². The standard InChI is InChI=1S/C9H15N3O4/c1-6-4-3-5-12(6,7(10)13)8(14)11-9(15)16-2/h6H,3-5H2,1-2H3,(H2-,10,11,13,14,15)/p+1/t6-,12?/m1/s1. The van der Waals surface area contributed by atoms with Gasteiger partial charge in [0.1, 0.15) is 6.04 Å². The largest absolute Gasteiger partial charge is 0.452 e. The highest BCUT2D eigenvalue weighted by Gasteiger charge is 2.52. The third-order valence-electron chi connectivity index (χ3n) is 3.04. The molecule has 7 nitrogen and oxygen atoms in total. The summed E-state index contributed by atoms with van der Waals surface area (Å²) >= 11 is 0. The molecule has 0 bridgehead atoms. The SMILES string of the molecule is COC(=O)NC(=O)[N+]1(C(N)=O)CCC[C@H]1C. The number of carbonyl (C=O) groups is 3. The molecule has 0 saturated carbocycles. The molecule has 1 unspecified atom stereocenters. The Kier molecular flexibility index (Phi) is 3.48. The molecule has 1 saturated heterocycles. The third kappa shape index (κ3) is 1.85. The molecule has 1 fully saturated rings. The van der Waals surface area contributed by atoms with Crippen LogP contribution >= 0.6 is 0 Å². The quantitative estimate of drug-likeness (QED) is 0.593. The van der Waals surface area contributed by atoms with Gasteiger partial charge in [-0.05, 0) is 6.92 Å². The summed E-state index contributed by atoms with van der Waals surface area (Å²) in [5.41, 5.74) is 5.26. The van der Waals surface area contributed by atoms with E-state index in [9.17, 15) is 14.4 Å². The number of quaternary nitrogens is 1. The lowest BCUT2D eigenvalue weighted by molar-refractivity contribution is -0.778. The van der Waals surface area contributed by atoms with Crippen LogP contribution in [0.25, 0.3) is 0 Å². The molecule has 1 aliphatic heterocycles. The highest BCUT2D eigenvalue weighted by molar-refractivity contribution is 5.92. The number of primary amides is 1. The number of carbonyl (C=O) groups excluding carboxylic acids is 3. The van der Waals surface area contributed by atoms with Gasteiger partial charge < -0.3 is 10.5 Å². The first-order valence-electron chi connectivity index (χ1n) is 5.02. The Bertz CT molecular complexity index is 331. The van der Waals surface area contributed by atoms with E-state index in [4.69, 9.17) is 5.73 Å². The summed E-state index contributed by atoms with van der Waals surface area (Å²) in [7, 11) is 1.14. The number of nitrogens with one attached hydrogen (secondary N) is 1. The minimum Gasteiger partial charge on any atom is -0.452 e. The zero-order valence-electron chi connectivity index (χ0n) is 9.36. The molecule has 0 aromatic carbocycles. The van der Waals surface area contributed by atoms with Gasteiger partial charge in [-0.1, -0.05) is 0 Å². The second-order valence-electron chi connectivity index (χ2n) is 3.84. The van der Waals surface area contributed by atoms with E-state index in [2.05, 4.69) is 4.74 Å². The Morgan fingerprint density at radius 1 is 1.44 bits per heavy atom. The maximum absolute atomic E-state index is 11.8. The van der Waals surface area contributed by atoms with Crippen molar-refractivity contribution in [2.75, 3.05) is 13.7 Å². The van der Waals surface area contributed by atoms with Gasteiger partial charge in [-0.25, -0.2) is 19.7 Å². The van der Waals surface area contributed by atoms with E-state index in [1.807, 2.05) is 5.32 Å². The van der Waals surface area contributed by atoms with Gasteiger partial charge in [0.15, 0.2) is 0 Å². The van der Waals surface area contributed by atoms with Crippen LogP contribution in [0.15, 0.2) is 0 Å². The number of nitrogens with two attached hydrogens (primary N) is 1. The number of nitrogens with zero attached hydrogens (tertiary/aromatic N) is 1. The molecule has 90 valence electrons. The van der Waals surface area contributed by atoms with Gasteiger partial charge in [-0.2, -0.15) is 4.48 Å². The number of rotatable bonds is 0. The van der Waals surface area contributed by atoms with Crippen molar-refractivity contribution in [3.05, 3.63) is 0 Å². The molecule has 16 heavy (non-hydrogen) atoms. The normalized spacial score (nSPS) is 28.5. The molecular weight excluding hydrogens is 214 g/mol. The number of methoxy groups -OCH3 is 1. The summed E-state index contributed by atoms with van der Waals surface area (Å²) in [6.07, 6.45) is 0.554. The van der Waals surface area contributed by atoms with Crippen molar-refractivity contribution in [1.29, 1.82) is 0 Å². The van der Waals surface area contributed by atoms with Crippen molar-refractivity contribution in [1.82, 2.24) is 5.32 Å². The van der Waals surface area contributed by atoms with Crippen LogP contribution in [0.5, 0.6) is 0 Å². The highest BCUT2D eigenvalue weighted by atomic mass is 16.5. The smallest absolute Gasteiger partial charge is 0.435 e. The Labute approximate surface area is 93.1 Å². The molecule has 0 aliphatic carbocycles. The van der Waals surface area contributed by atoms with E-state index in [0.29, 0.717) is 6.54 Å². The van der Waals surface area contributed by atoms with Crippen LogP contribution in [-0.2, 0) is 4.74 Å². The maximum Gasteiger partial charge on any atom is 0.435 e. The number of imide groups is 2. The summed E-state index contributed by atoms with van der Waals surface area (Å²) in [6, 6.07) is -1.68. The molecule has 1 rings (SSSR count). The lowest BCUT2D eigenvalue weighted by Crippen LogP contribution is -2.65. The van der Waals surface area contributed by atoms with Gasteiger partial charge in [0.25, 0.3) is 0 Å². The lowest BCUT2D eigenvalue weighted by atomic mass is 10.2. The fourth-order valence-corrected chi connectivity index (χ4v) is 2.04. The predicted molar refractivity (Wildman–Crippen MR) is 54.3 cm³/mol. The predicted octanol–water partition coefficient (Wildman–Crippen LogP) is 0.540. The van der Waals surface area contributed by atoms with Gasteiger partial charge in [0, 0.05) is 12.8 Å². The second-order valence-corrected chi connectivity index (χ2v) is 3.84. The van der Waals surface area contributed by atoms with Gasteiger partial charge in [0.2, 0.25) is 0 Å². The third-order valence-corrected chi connectivity index (χ3v) is 3.04. The van der Waals surface area contributed by atoms with E-state index in [1.165, 1.54) is 0 Å². The van der Waals surface area contributed by atoms with Crippen LogP contribution in [0.2, 0.25) is 0 Å². The molecule has 3 N–H and O–H groups in total. The van der Waals surface area contributed by atoms with Gasteiger partial charge in [0.05, 0.1) is 13.7 Å². The second kappa shape index (κ2) is 4.48. The maximum atomic E-state index is 11.8. The van der Waals surface area contributed by atoms with Crippen LogP contribution < -0.4 is 11.1 Å². The summed E-state index contributed by atoms with van der Waals surface area (Å²) in [5.74, 6) is 0. The van der Waals surface area contributed by atoms with Crippen LogP contribution in [0, 0.1) is 0 Å². The number of hydrogen-bond acceptors (Lipinski definition) is 4. The Morgan fingerprint density at radius 3 is 2.44 bits per heavy atom. The van der Waals surface area contributed by atoms with Gasteiger partial charge in [-0.3, -0.25) is 0 Å². The molecule has 1 aliphatic rings. The van der Waals surface area contributed by atoms with Crippen LogP contribution in [0.4, 0.5) is 14.4 Å². The average Bonchev–Trinajstić information content (AvgIpc) is 2.60. The molecular formula is C9H16N3O4+. The van der Waals surface area contributed by atoms with Crippen molar-refractivity contribution in [3.63, 3.8) is 0 Å². The van der Waals surface area contributed by atoms with Crippen molar-refractivity contribution < 1.29 is 23.6 Å². The first kappa shape index (κ1) is 12.4. The van der Waals surface area contributed by atoms with Crippen molar-refractivity contribution >= 4 is 18.2 Å². The molecule has 7 heteroatoms. The van der Waals surface area contributed by atoms with E-state index >= 15 is 0 Å². The average molecular weight is 230 g/mol. The molecule has 5 amide bonds. The van der Waals surface area contributed by atoms with E-state index in [-0.39, 0.29) is 6.04 Å². The zero-order valence-corrected chi connectivity index (χ0v) is 9.36. The van der Waals surface area contributed by atoms with Crippen LogP contribution in [-0.4, -0.2) is 42.3 Å². The topological polar surface area (TPSA) is 98.5 Å². The van der Waals surface area contributed by atoms with Crippen LogP contribution in [0.1, 0.15) is 19.8 Å². The Morgan fingerprint density at radius 2 is 2.06 bits per heavy atom. The summed E-state index contributed by atoms with van der Waals surface area (Å²) in [6.45, 7) is 2.08. The number of urea groups is 2. The fraction of sp³-hybridized carbons (Fsp3) is 0.667. The molecule has 2 atom stereocenters. The fourth-order valence-electron chi connectivity index (χ4n) is 2.04. The monoisotopic (exact) mass is 230 g/mol. The Hall–Kier alpha value is -1.63. The van der Waals surface area contributed by atoms with Gasteiger partial charge in [-0.15, -0.1) is 0 Å². The van der Waals surface area contributed by atoms with Gasteiger partial charge >= 0.3 is 18.2 Å². The van der Waals surface area contributed by atoms with E-state index < -0.39 is 22.6 Å². The highest BCUT2D eigenvalue weighted by Crippen LogP contribution is 2.26. The summed E-state index contributed by atoms with van der Waals surface area (Å²) in [5, 5.41) is 2.00. The summed E-state index contributed by atoms with van der Waals surface area (Å²) in [4.78, 5) is 34.2. The lowest BCUT2D eigenvalue weighted by Gasteiger charge is -2.29. The number of ether oxygens (including phenoxy) is 1.